The van der Waals surface area contributed by atoms with E-state index in [1.165, 1.54) is 0 Å². The molecule has 180 valence electrons. The molecule has 1 saturated heterocycles. The Hall–Kier alpha value is -4.39. The molecular weight excluding hydrogens is 442 g/mol. The van der Waals surface area contributed by atoms with E-state index in [2.05, 4.69) is 32.5 Å². The second-order valence-electron chi connectivity index (χ2n) is 8.22. The van der Waals surface area contributed by atoms with Crippen LogP contribution in [-0.4, -0.2) is 68.0 Å². The SMILES string of the molecule is C.CCNC(=O)N1CCN(c2ccc(-c3cc(-c4cnn(C)c4)cn4ncc(C#N)c34)cn2)CC1. The van der Waals surface area contributed by atoms with E-state index in [4.69, 9.17) is 4.98 Å². The number of carbonyl (C=O) groups is 1. The first-order valence-corrected chi connectivity index (χ1v) is 11.2. The molecule has 2 amide bonds. The zero-order chi connectivity index (χ0) is 23.7. The average Bonchev–Trinajstić information content (AvgIpc) is 3.50. The van der Waals surface area contributed by atoms with Gasteiger partial charge >= 0.3 is 6.03 Å². The zero-order valence-corrected chi connectivity index (χ0v) is 19.1. The predicted molar refractivity (Wildman–Crippen MR) is 135 cm³/mol. The van der Waals surface area contributed by atoms with Crippen LogP contribution in [0.1, 0.15) is 19.9 Å². The van der Waals surface area contributed by atoms with Crippen molar-refractivity contribution in [1.29, 1.82) is 5.26 Å². The fraction of sp³-hybridized carbons (Fsp3) is 0.320. The molecule has 0 bridgehead atoms. The number of pyridine rings is 2. The van der Waals surface area contributed by atoms with Gasteiger partial charge in [0.25, 0.3) is 0 Å². The minimum atomic E-state index is -0.0166. The van der Waals surface area contributed by atoms with Crippen molar-refractivity contribution in [2.75, 3.05) is 37.6 Å². The van der Waals surface area contributed by atoms with Gasteiger partial charge < -0.3 is 15.1 Å². The molecule has 35 heavy (non-hydrogen) atoms. The Bertz CT molecular complexity index is 1370. The minimum Gasteiger partial charge on any atom is -0.353 e. The quantitative estimate of drug-likeness (QED) is 0.490. The number of fused-ring (bicyclic) bond motifs is 1. The number of nitrogens with one attached hydrogen (secondary N) is 1. The smallest absolute Gasteiger partial charge is 0.317 e. The molecule has 0 spiro atoms. The molecule has 10 nitrogen and oxygen atoms in total. The van der Waals surface area contributed by atoms with Crippen molar-refractivity contribution in [3.63, 3.8) is 0 Å². The Morgan fingerprint density at radius 3 is 2.49 bits per heavy atom. The number of aryl methyl sites for hydroxylation is 1. The summed E-state index contributed by atoms with van der Waals surface area (Å²) >= 11 is 0. The number of rotatable bonds is 4. The monoisotopic (exact) mass is 471 g/mol. The van der Waals surface area contributed by atoms with E-state index in [0.29, 0.717) is 25.2 Å². The van der Waals surface area contributed by atoms with Gasteiger partial charge in [-0.1, -0.05) is 7.43 Å². The molecule has 1 aliphatic heterocycles. The van der Waals surface area contributed by atoms with E-state index >= 15 is 0 Å². The van der Waals surface area contributed by atoms with Crippen LogP contribution in [0.5, 0.6) is 0 Å². The standard InChI is InChI=1S/C24H25N9O.CH4/c1-3-26-24(34)32-8-6-31(7-9-32)22-5-4-17(12-27-22)21-10-18(20-14-28-30(2)15-20)16-33-23(21)19(11-25)13-29-33;/h4-5,10,12-16H,3,6-9H2,1-2H3,(H,26,34);1H4. The van der Waals surface area contributed by atoms with Crippen LogP contribution < -0.4 is 10.2 Å². The Balaban J connectivity index is 0.00000289. The number of aromatic nitrogens is 5. The first-order chi connectivity index (χ1) is 16.6. The van der Waals surface area contributed by atoms with Crippen LogP contribution in [0.3, 0.4) is 0 Å². The first-order valence-electron chi connectivity index (χ1n) is 11.2. The summed E-state index contributed by atoms with van der Waals surface area (Å²) in [5.74, 6) is 0.868. The van der Waals surface area contributed by atoms with E-state index in [1.54, 1.807) is 21.6 Å². The average molecular weight is 472 g/mol. The Labute approximate surface area is 204 Å². The largest absolute Gasteiger partial charge is 0.353 e. The number of carbonyl (C=O) groups excluding carboxylic acids is 1. The number of hydrogen-bond acceptors (Lipinski definition) is 6. The van der Waals surface area contributed by atoms with Gasteiger partial charge in [0.05, 0.1) is 23.5 Å². The van der Waals surface area contributed by atoms with Crippen LogP contribution in [0.15, 0.2) is 49.2 Å². The fourth-order valence-electron chi connectivity index (χ4n) is 4.29. The molecule has 0 atom stereocenters. The maximum absolute atomic E-state index is 12.1. The van der Waals surface area contributed by atoms with Crippen LogP contribution in [0, 0.1) is 11.3 Å². The highest BCUT2D eigenvalue weighted by Gasteiger charge is 2.22. The lowest BCUT2D eigenvalue weighted by molar-refractivity contribution is 0.195. The zero-order valence-electron chi connectivity index (χ0n) is 19.1. The van der Waals surface area contributed by atoms with Crippen molar-refractivity contribution >= 4 is 17.4 Å². The molecule has 5 rings (SSSR count). The van der Waals surface area contributed by atoms with Gasteiger partial charge in [-0.05, 0) is 25.1 Å². The second-order valence-corrected chi connectivity index (χ2v) is 8.22. The van der Waals surface area contributed by atoms with Crippen LogP contribution in [0.4, 0.5) is 10.6 Å². The molecular formula is C25H29N9O. The molecule has 0 aromatic carbocycles. The minimum absolute atomic E-state index is 0. The van der Waals surface area contributed by atoms with Gasteiger partial charge in [0.15, 0.2) is 0 Å². The number of anilines is 1. The lowest BCUT2D eigenvalue weighted by Crippen LogP contribution is -2.52. The molecule has 0 aliphatic carbocycles. The van der Waals surface area contributed by atoms with E-state index in [9.17, 15) is 10.1 Å². The maximum Gasteiger partial charge on any atom is 0.317 e. The maximum atomic E-state index is 12.1. The summed E-state index contributed by atoms with van der Waals surface area (Å²) in [6, 6.07) is 8.29. The van der Waals surface area contributed by atoms with E-state index in [-0.39, 0.29) is 13.5 Å². The third-order valence-corrected chi connectivity index (χ3v) is 6.05. The van der Waals surface area contributed by atoms with Gasteiger partial charge in [-0.15, -0.1) is 0 Å². The normalized spacial score (nSPS) is 13.4. The third-order valence-electron chi connectivity index (χ3n) is 6.05. The van der Waals surface area contributed by atoms with Crippen molar-refractivity contribution in [3.8, 4) is 28.3 Å². The summed E-state index contributed by atoms with van der Waals surface area (Å²) in [5.41, 5.74) is 4.97. The molecule has 1 fully saturated rings. The van der Waals surface area contributed by atoms with Crippen LogP contribution in [0.2, 0.25) is 0 Å². The summed E-state index contributed by atoms with van der Waals surface area (Å²) in [6.07, 6.45) is 9.08. The topological polar surface area (TPSA) is 107 Å². The van der Waals surface area contributed by atoms with Crippen LogP contribution in [-0.2, 0) is 7.05 Å². The van der Waals surface area contributed by atoms with Gasteiger partial charge in [0.2, 0.25) is 0 Å². The molecule has 1 aliphatic rings. The number of amides is 2. The molecule has 10 heteroatoms. The van der Waals surface area contributed by atoms with Crippen molar-refractivity contribution in [2.24, 2.45) is 7.05 Å². The van der Waals surface area contributed by atoms with Crippen molar-refractivity contribution in [2.45, 2.75) is 14.4 Å². The molecule has 0 unspecified atom stereocenters. The highest BCUT2D eigenvalue weighted by Crippen LogP contribution is 2.32. The predicted octanol–water partition coefficient (Wildman–Crippen LogP) is 3.16. The molecule has 1 N–H and O–H groups in total. The number of nitrogens with zero attached hydrogens (tertiary/aromatic N) is 8. The number of piperazine rings is 1. The second kappa shape index (κ2) is 9.85. The van der Waals surface area contributed by atoms with Gasteiger partial charge in [-0.25, -0.2) is 14.3 Å². The lowest BCUT2D eigenvalue weighted by atomic mass is 10.0. The summed E-state index contributed by atoms with van der Waals surface area (Å²) < 4.78 is 3.50. The highest BCUT2D eigenvalue weighted by molar-refractivity contribution is 5.87. The lowest BCUT2D eigenvalue weighted by Gasteiger charge is -2.35. The molecule has 0 saturated carbocycles. The van der Waals surface area contributed by atoms with Gasteiger partial charge in [0, 0.05) is 80.6 Å². The summed E-state index contributed by atoms with van der Waals surface area (Å²) in [6.45, 7) is 5.32. The van der Waals surface area contributed by atoms with Crippen LogP contribution in [0.25, 0.3) is 27.8 Å². The van der Waals surface area contributed by atoms with E-state index in [1.807, 2.05) is 49.6 Å². The Morgan fingerprint density at radius 2 is 1.86 bits per heavy atom. The van der Waals surface area contributed by atoms with E-state index < -0.39 is 0 Å². The van der Waals surface area contributed by atoms with Crippen LogP contribution >= 0.6 is 0 Å². The first kappa shape index (κ1) is 23.8. The van der Waals surface area contributed by atoms with Crippen molar-refractivity contribution < 1.29 is 4.79 Å². The number of hydrogen-bond donors (Lipinski definition) is 1. The Kier molecular flexibility index (Phi) is 6.68. The van der Waals surface area contributed by atoms with Gasteiger partial charge in [0.1, 0.15) is 11.9 Å². The van der Waals surface area contributed by atoms with Crippen molar-refractivity contribution in [1.82, 2.24) is 34.6 Å². The summed E-state index contributed by atoms with van der Waals surface area (Å²) in [4.78, 5) is 20.8. The molecule has 4 aromatic rings. The third kappa shape index (κ3) is 4.53. The summed E-state index contributed by atoms with van der Waals surface area (Å²) in [5, 5.41) is 21.1. The molecule has 0 radical (unpaired) electrons. The Morgan fingerprint density at radius 1 is 1.06 bits per heavy atom. The summed E-state index contributed by atoms with van der Waals surface area (Å²) in [7, 11) is 1.88. The van der Waals surface area contributed by atoms with Gasteiger partial charge in [-0.3, -0.25) is 4.68 Å². The fourth-order valence-corrected chi connectivity index (χ4v) is 4.29. The molecule has 5 heterocycles. The number of urea groups is 1. The highest BCUT2D eigenvalue weighted by atomic mass is 16.2. The number of nitriles is 1. The molecule has 4 aromatic heterocycles. The van der Waals surface area contributed by atoms with E-state index in [0.717, 1.165) is 46.7 Å². The van der Waals surface area contributed by atoms with Crippen molar-refractivity contribution in [3.05, 3.63) is 54.7 Å². The van der Waals surface area contributed by atoms with Gasteiger partial charge in [-0.2, -0.15) is 15.5 Å².